The lowest BCUT2D eigenvalue weighted by Crippen LogP contribution is -2.10. The fourth-order valence-corrected chi connectivity index (χ4v) is 11.5. The van der Waals surface area contributed by atoms with Gasteiger partial charge in [-0.1, -0.05) is 170 Å². The Bertz CT molecular complexity index is 3740. The Morgan fingerprint density at radius 2 is 1.01 bits per heavy atom. The third-order valence-electron chi connectivity index (χ3n) is 13.6. The first-order chi connectivity index (χ1) is 33.2. The van der Waals surface area contributed by atoms with Crippen LogP contribution in [0.5, 0.6) is 0 Å². The maximum atomic E-state index is 6.56. The van der Waals surface area contributed by atoms with E-state index in [-0.39, 0.29) is 0 Å². The number of thioether (sulfide) groups is 1. The second-order valence-corrected chi connectivity index (χ2v) is 18.8. The molecule has 2 aliphatic rings. The van der Waals surface area contributed by atoms with Gasteiger partial charge in [-0.25, -0.2) is 0 Å². The van der Waals surface area contributed by atoms with Crippen molar-refractivity contribution >= 4 is 88.6 Å². The first kappa shape index (κ1) is 39.3. The van der Waals surface area contributed by atoms with Crippen molar-refractivity contribution in [3.05, 3.63) is 259 Å². The summed E-state index contributed by atoms with van der Waals surface area (Å²) in [7, 11) is 0. The average molecular weight is 877 g/mol. The van der Waals surface area contributed by atoms with Gasteiger partial charge in [-0.15, -0.1) is 11.8 Å². The van der Waals surface area contributed by atoms with Gasteiger partial charge in [0.15, 0.2) is 5.58 Å². The van der Waals surface area contributed by atoms with Crippen LogP contribution in [0.2, 0.25) is 0 Å². The average Bonchev–Trinajstić information content (AvgIpc) is 4.23. The van der Waals surface area contributed by atoms with Crippen molar-refractivity contribution in [3.63, 3.8) is 0 Å². The van der Waals surface area contributed by atoms with E-state index in [1.807, 2.05) is 17.8 Å². The van der Waals surface area contributed by atoms with Crippen molar-refractivity contribution in [2.75, 3.05) is 4.90 Å². The Hall–Kier alpha value is -8.05. The van der Waals surface area contributed by atoms with Gasteiger partial charge in [-0.3, -0.25) is 0 Å². The van der Waals surface area contributed by atoms with Gasteiger partial charge in [0.2, 0.25) is 0 Å². The summed E-state index contributed by atoms with van der Waals surface area (Å²) in [6, 6.07) is 79.3. The summed E-state index contributed by atoms with van der Waals surface area (Å²) < 4.78 is 8.92. The Morgan fingerprint density at radius 3 is 1.75 bits per heavy atom. The summed E-state index contributed by atoms with van der Waals surface area (Å²) in [5, 5.41) is 5.08. The van der Waals surface area contributed by atoms with E-state index < -0.39 is 0 Å². The van der Waals surface area contributed by atoms with Crippen molar-refractivity contribution in [2.24, 2.45) is 0 Å². The van der Waals surface area contributed by atoms with E-state index in [1.54, 1.807) is 0 Å². The SMILES string of the molecule is C1=C(c2ccccc2)CC(c2ccc(N(c3ccc(-c4ccc5c(c4)c4ccccc4n5-c4cccc5c4oc4ccccc45)cc3)c3ccc(C4CC=C(c5ccccc5)S4)cc3)cc2)=C1. The van der Waals surface area contributed by atoms with Crippen molar-refractivity contribution in [2.45, 2.75) is 18.1 Å². The second kappa shape index (κ2) is 16.4. The molecule has 0 radical (unpaired) electrons. The predicted molar refractivity (Wildman–Crippen MR) is 285 cm³/mol. The molecule has 1 atom stereocenters. The van der Waals surface area contributed by atoms with Gasteiger partial charge in [-0.2, -0.15) is 0 Å². The standard InChI is InChI=1S/C63H44N2OS/c1-3-12-42(13-4-1)47-22-23-48(40-47)43-24-31-50(32-25-43)64(52-35-28-46(29-36-52)62-39-38-61(67-62)45-14-5-2-6-15-45)51-33-26-44(27-34-51)49-30-37-58-56(41-49)53-16-7-9-19-57(53)65(58)59-20-11-18-55-54-17-8-10-21-60(54)66-63(55)59/h1-38,41,62H,39-40H2. The van der Waals surface area contributed by atoms with Crippen molar-refractivity contribution in [1.82, 2.24) is 4.57 Å². The summed E-state index contributed by atoms with van der Waals surface area (Å²) in [4.78, 5) is 3.75. The van der Waals surface area contributed by atoms with E-state index in [0.717, 1.165) is 68.6 Å². The highest BCUT2D eigenvalue weighted by molar-refractivity contribution is 8.08. The molecule has 0 saturated carbocycles. The third-order valence-corrected chi connectivity index (χ3v) is 15.0. The summed E-state index contributed by atoms with van der Waals surface area (Å²) in [6.07, 6.45) is 8.90. The Balaban J connectivity index is 0.838. The molecule has 0 fully saturated rings. The molecular weight excluding hydrogens is 833 g/mol. The first-order valence-corrected chi connectivity index (χ1v) is 24.0. The molecule has 0 spiro atoms. The van der Waals surface area contributed by atoms with Crippen LogP contribution in [0.25, 0.3) is 76.6 Å². The topological polar surface area (TPSA) is 21.3 Å². The van der Waals surface area contributed by atoms with E-state index >= 15 is 0 Å². The van der Waals surface area contributed by atoms with Crippen molar-refractivity contribution in [3.8, 4) is 16.8 Å². The van der Waals surface area contributed by atoms with Gasteiger partial charge >= 0.3 is 0 Å². The van der Waals surface area contributed by atoms with Crippen molar-refractivity contribution < 1.29 is 4.42 Å². The zero-order valence-corrected chi connectivity index (χ0v) is 37.5. The molecule has 11 aromatic rings. The Kier molecular flexibility index (Phi) is 9.64. The lowest BCUT2D eigenvalue weighted by atomic mass is 9.98. The third kappa shape index (κ3) is 7.00. The minimum atomic E-state index is 0.399. The summed E-state index contributed by atoms with van der Waals surface area (Å²) >= 11 is 1.97. The zero-order valence-electron chi connectivity index (χ0n) is 36.7. The minimum absolute atomic E-state index is 0.399. The van der Waals surface area contributed by atoms with Crippen LogP contribution >= 0.6 is 11.8 Å². The molecule has 67 heavy (non-hydrogen) atoms. The number of fused-ring (bicyclic) bond motifs is 6. The number of allylic oxidation sites excluding steroid dienone is 5. The largest absolute Gasteiger partial charge is 0.454 e. The fraction of sp³-hybridized carbons (Fsp3) is 0.0476. The Morgan fingerprint density at radius 1 is 0.448 bits per heavy atom. The first-order valence-electron chi connectivity index (χ1n) is 23.1. The normalized spacial score (nSPS) is 14.8. The lowest BCUT2D eigenvalue weighted by molar-refractivity contribution is 0.666. The smallest absolute Gasteiger partial charge is 0.159 e. The molecule has 3 nitrogen and oxygen atoms in total. The number of nitrogens with zero attached hydrogens (tertiary/aromatic N) is 2. The molecule has 0 saturated heterocycles. The minimum Gasteiger partial charge on any atom is -0.454 e. The molecule has 13 rings (SSSR count). The van der Waals surface area contributed by atoms with Crippen LogP contribution in [-0.4, -0.2) is 4.57 Å². The number of anilines is 3. The molecule has 4 heteroatoms. The van der Waals surface area contributed by atoms with E-state index in [2.05, 4.69) is 240 Å². The van der Waals surface area contributed by atoms with E-state index in [1.165, 1.54) is 60.2 Å². The maximum Gasteiger partial charge on any atom is 0.159 e. The highest BCUT2D eigenvalue weighted by Crippen LogP contribution is 2.49. The molecule has 1 unspecified atom stereocenters. The molecule has 1 aliphatic carbocycles. The van der Waals surface area contributed by atoms with Crippen LogP contribution in [0.4, 0.5) is 17.1 Å². The van der Waals surface area contributed by atoms with Crippen molar-refractivity contribution in [1.29, 1.82) is 0 Å². The van der Waals surface area contributed by atoms with Crippen LogP contribution in [0.3, 0.4) is 0 Å². The predicted octanol–water partition coefficient (Wildman–Crippen LogP) is 17.9. The van der Waals surface area contributed by atoms with Gasteiger partial charge < -0.3 is 13.9 Å². The number of hydrogen-bond donors (Lipinski definition) is 0. The maximum absolute atomic E-state index is 6.56. The number of benzene rings is 9. The molecular formula is C63H44N2OS. The zero-order chi connectivity index (χ0) is 44.3. The fourth-order valence-electron chi connectivity index (χ4n) is 10.3. The molecule has 3 heterocycles. The number of rotatable bonds is 9. The molecule has 2 aromatic heterocycles. The summed E-state index contributed by atoms with van der Waals surface area (Å²) in [6.45, 7) is 0. The highest BCUT2D eigenvalue weighted by atomic mass is 32.2. The van der Waals surface area contributed by atoms with Crippen LogP contribution in [-0.2, 0) is 0 Å². The molecule has 0 bridgehead atoms. The van der Waals surface area contributed by atoms with E-state index in [0.29, 0.717) is 5.25 Å². The van der Waals surface area contributed by atoms with Gasteiger partial charge in [-0.05, 0) is 124 Å². The number of para-hydroxylation sites is 3. The summed E-state index contributed by atoms with van der Waals surface area (Å²) in [5.41, 5.74) is 18.7. The number of hydrogen-bond acceptors (Lipinski definition) is 3. The van der Waals surface area contributed by atoms with Crippen LogP contribution in [0, 0.1) is 0 Å². The van der Waals surface area contributed by atoms with Crippen LogP contribution < -0.4 is 4.90 Å². The van der Waals surface area contributed by atoms with Crippen LogP contribution in [0.15, 0.2) is 241 Å². The Labute approximate surface area is 394 Å². The monoisotopic (exact) mass is 876 g/mol. The van der Waals surface area contributed by atoms with Gasteiger partial charge in [0.1, 0.15) is 5.58 Å². The van der Waals surface area contributed by atoms with E-state index in [4.69, 9.17) is 4.42 Å². The lowest BCUT2D eigenvalue weighted by Gasteiger charge is -2.26. The number of furan rings is 1. The van der Waals surface area contributed by atoms with Gasteiger partial charge in [0, 0.05) is 48.8 Å². The van der Waals surface area contributed by atoms with E-state index in [9.17, 15) is 0 Å². The van der Waals surface area contributed by atoms with Crippen LogP contribution in [0.1, 0.15) is 40.3 Å². The summed E-state index contributed by atoms with van der Waals surface area (Å²) in [5.74, 6) is 0. The molecule has 318 valence electrons. The van der Waals surface area contributed by atoms with Gasteiger partial charge in [0.25, 0.3) is 0 Å². The number of aromatic nitrogens is 1. The quantitative estimate of drug-likeness (QED) is 0.144. The molecule has 1 aliphatic heterocycles. The molecule has 9 aromatic carbocycles. The highest BCUT2D eigenvalue weighted by Gasteiger charge is 2.23. The molecule has 0 N–H and O–H groups in total. The molecule has 0 amide bonds. The van der Waals surface area contributed by atoms with Gasteiger partial charge in [0.05, 0.1) is 16.7 Å². The second-order valence-electron chi connectivity index (χ2n) is 17.6.